The first kappa shape index (κ1) is 13.9. The molecule has 3 rings (SSSR count). The summed E-state index contributed by atoms with van der Waals surface area (Å²) in [6.45, 7) is 3.94. The average Bonchev–Trinajstić information content (AvgIpc) is 3.27. The third-order valence-corrected chi connectivity index (χ3v) is 4.52. The highest BCUT2D eigenvalue weighted by Crippen LogP contribution is 2.41. The van der Waals surface area contributed by atoms with E-state index in [-0.39, 0.29) is 6.04 Å². The van der Waals surface area contributed by atoms with Crippen LogP contribution < -0.4 is 10.5 Å². The molecular formula is C17H26N2O. The number of nitrogens with zero attached hydrogens (tertiary/aromatic N) is 1. The maximum atomic E-state index is 6.53. The summed E-state index contributed by atoms with van der Waals surface area (Å²) in [6.07, 6.45) is 6.31. The average molecular weight is 274 g/mol. The van der Waals surface area contributed by atoms with E-state index < -0.39 is 0 Å². The topological polar surface area (TPSA) is 38.5 Å². The fourth-order valence-corrected chi connectivity index (χ4v) is 3.45. The van der Waals surface area contributed by atoms with Gasteiger partial charge < -0.3 is 10.5 Å². The first-order chi connectivity index (χ1) is 9.81. The Bertz CT molecular complexity index is 444. The molecule has 3 heteroatoms. The van der Waals surface area contributed by atoms with Crippen LogP contribution in [-0.2, 0) is 0 Å². The Hall–Kier alpha value is -1.06. The molecule has 0 radical (unpaired) electrons. The summed E-state index contributed by atoms with van der Waals surface area (Å²) in [5.41, 5.74) is 7.82. The lowest BCUT2D eigenvalue weighted by atomic mass is 9.95. The van der Waals surface area contributed by atoms with Crippen LogP contribution in [0.15, 0.2) is 24.3 Å². The summed E-state index contributed by atoms with van der Waals surface area (Å²) in [5.74, 6) is 1.02. The summed E-state index contributed by atoms with van der Waals surface area (Å²) in [6, 6.07) is 9.75. The molecule has 3 nitrogen and oxygen atoms in total. The van der Waals surface area contributed by atoms with Crippen molar-refractivity contribution in [2.45, 2.75) is 57.2 Å². The van der Waals surface area contributed by atoms with Crippen molar-refractivity contribution in [2.75, 3.05) is 13.2 Å². The summed E-state index contributed by atoms with van der Waals surface area (Å²) in [5, 5.41) is 0. The second-order valence-electron chi connectivity index (χ2n) is 6.04. The van der Waals surface area contributed by atoms with Crippen LogP contribution in [0.1, 0.15) is 50.6 Å². The van der Waals surface area contributed by atoms with E-state index in [2.05, 4.69) is 29.2 Å². The highest BCUT2D eigenvalue weighted by Gasteiger charge is 2.39. The van der Waals surface area contributed by atoms with Gasteiger partial charge in [-0.2, -0.15) is 0 Å². The van der Waals surface area contributed by atoms with E-state index in [1.165, 1.54) is 37.8 Å². The van der Waals surface area contributed by atoms with Gasteiger partial charge in [0, 0.05) is 17.6 Å². The van der Waals surface area contributed by atoms with Gasteiger partial charge in [0.15, 0.2) is 0 Å². The number of para-hydroxylation sites is 1. The minimum atomic E-state index is 0.222. The fraction of sp³-hybridized carbons (Fsp3) is 0.647. The molecule has 2 unspecified atom stereocenters. The van der Waals surface area contributed by atoms with Crippen LogP contribution in [0.3, 0.4) is 0 Å². The molecule has 20 heavy (non-hydrogen) atoms. The molecule has 2 aliphatic rings. The highest BCUT2D eigenvalue weighted by molar-refractivity contribution is 5.37. The van der Waals surface area contributed by atoms with Crippen molar-refractivity contribution >= 4 is 0 Å². The van der Waals surface area contributed by atoms with Crippen molar-refractivity contribution in [3.8, 4) is 5.75 Å². The smallest absolute Gasteiger partial charge is 0.124 e. The van der Waals surface area contributed by atoms with Gasteiger partial charge >= 0.3 is 0 Å². The van der Waals surface area contributed by atoms with Crippen molar-refractivity contribution in [1.29, 1.82) is 0 Å². The molecule has 1 saturated heterocycles. The molecule has 1 aromatic carbocycles. The van der Waals surface area contributed by atoms with Gasteiger partial charge in [-0.05, 0) is 45.2 Å². The summed E-state index contributed by atoms with van der Waals surface area (Å²) in [4.78, 5) is 2.65. The summed E-state index contributed by atoms with van der Waals surface area (Å²) < 4.78 is 5.85. The lowest BCUT2D eigenvalue weighted by molar-refractivity contribution is 0.171. The molecule has 2 N–H and O–H groups in total. The number of rotatable bonds is 4. The highest BCUT2D eigenvalue weighted by atomic mass is 16.5. The molecule has 0 bridgehead atoms. The zero-order valence-corrected chi connectivity index (χ0v) is 12.4. The van der Waals surface area contributed by atoms with Crippen LogP contribution in [0.25, 0.3) is 0 Å². The monoisotopic (exact) mass is 274 g/mol. The van der Waals surface area contributed by atoms with E-state index in [0.717, 1.165) is 18.2 Å². The second-order valence-corrected chi connectivity index (χ2v) is 6.04. The Morgan fingerprint density at radius 1 is 1.20 bits per heavy atom. The molecule has 1 heterocycles. The number of benzene rings is 1. The van der Waals surface area contributed by atoms with Gasteiger partial charge in [0.2, 0.25) is 0 Å². The lowest BCUT2D eigenvalue weighted by Crippen LogP contribution is -2.41. The van der Waals surface area contributed by atoms with Gasteiger partial charge in [0.25, 0.3) is 0 Å². The van der Waals surface area contributed by atoms with Crippen molar-refractivity contribution in [1.82, 2.24) is 4.90 Å². The van der Waals surface area contributed by atoms with Gasteiger partial charge in [-0.3, -0.25) is 4.90 Å². The Morgan fingerprint density at radius 3 is 2.75 bits per heavy atom. The van der Waals surface area contributed by atoms with E-state index >= 15 is 0 Å². The zero-order valence-electron chi connectivity index (χ0n) is 12.4. The second kappa shape index (κ2) is 6.15. The molecule has 110 valence electrons. The van der Waals surface area contributed by atoms with Crippen LogP contribution in [0, 0.1) is 0 Å². The molecule has 1 saturated carbocycles. The third-order valence-electron chi connectivity index (χ3n) is 4.52. The SMILES string of the molecule is CCOc1ccccc1C1C(N)CCCCN1C1CC1. The Morgan fingerprint density at radius 2 is 2.00 bits per heavy atom. The largest absolute Gasteiger partial charge is 0.494 e. The van der Waals surface area contributed by atoms with E-state index in [0.29, 0.717) is 12.6 Å². The number of nitrogens with two attached hydrogens (primary N) is 1. The fourth-order valence-electron chi connectivity index (χ4n) is 3.45. The van der Waals surface area contributed by atoms with Gasteiger partial charge in [-0.25, -0.2) is 0 Å². The van der Waals surface area contributed by atoms with Crippen LogP contribution >= 0.6 is 0 Å². The van der Waals surface area contributed by atoms with E-state index in [4.69, 9.17) is 10.5 Å². The number of hydrogen-bond acceptors (Lipinski definition) is 3. The third kappa shape index (κ3) is 2.84. The standard InChI is InChI=1S/C17H26N2O/c1-2-20-16-9-4-3-7-14(16)17-15(18)8-5-6-12-19(17)13-10-11-13/h3-4,7,9,13,15,17H,2,5-6,8,10-12,18H2,1H3. The van der Waals surface area contributed by atoms with Crippen molar-refractivity contribution in [3.63, 3.8) is 0 Å². The summed E-state index contributed by atoms with van der Waals surface area (Å²) in [7, 11) is 0. The van der Waals surface area contributed by atoms with Crippen LogP contribution in [-0.4, -0.2) is 30.1 Å². The van der Waals surface area contributed by atoms with Crippen LogP contribution in [0.2, 0.25) is 0 Å². The van der Waals surface area contributed by atoms with Gasteiger partial charge in [-0.15, -0.1) is 0 Å². The molecule has 1 aliphatic carbocycles. The Balaban J connectivity index is 1.94. The predicted molar refractivity (Wildman–Crippen MR) is 81.9 cm³/mol. The maximum Gasteiger partial charge on any atom is 0.124 e. The molecule has 1 aromatic rings. The molecule has 0 spiro atoms. The number of likely N-dealkylation sites (tertiary alicyclic amines) is 1. The Kier molecular flexibility index (Phi) is 4.27. The lowest BCUT2D eigenvalue weighted by Gasteiger charge is -2.34. The summed E-state index contributed by atoms with van der Waals surface area (Å²) >= 11 is 0. The molecular weight excluding hydrogens is 248 g/mol. The van der Waals surface area contributed by atoms with E-state index in [1.54, 1.807) is 0 Å². The van der Waals surface area contributed by atoms with Gasteiger partial charge in [0.1, 0.15) is 5.75 Å². The first-order valence-corrected chi connectivity index (χ1v) is 8.04. The van der Waals surface area contributed by atoms with Crippen molar-refractivity contribution < 1.29 is 4.74 Å². The van der Waals surface area contributed by atoms with Crippen molar-refractivity contribution in [2.24, 2.45) is 5.73 Å². The molecule has 2 atom stereocenters. The minimum Gasteiger partial charge on any atom is -0.494 e. The molecule has 1 aliphatic heterocycles. The number of hydrogen-bond donors (Lipinski definition) is 1. The van der Waals surface area contributed by atoms with Crippen LogP contribution in [0.5, 0.6) is 5.75 Å². The predicted octanol–water partition coefficient (Wildman–Crippen LogP) is 3.10. The first-order valence-electron chi connectivity index (χ1n) is 8.04. The van der Waals surface area contributed by atoms with Crippen molar-refractivity contribution in [3.05, 3.63) is 29.8 Å². The number of ether oxygens (including phenoxy) is 1. The van der Waals surface area contributed by atoms with Crippen LogP contribution in [0.4, 0.5) is 0 Å². The van der Waals surface area contributed by atoms with Gasteiger partial charge in [-0.1, -0.05) is 24.6 Å². The van der Waals surface area contributed by atoms with E-state index in [9.17, 15) is 0 Å². The zero-order chi connectivity index (χ0) is 13.9. The molecule has 0 amide bonds. The minimum absolute atomic E-state index is 0.222. The molecule has 0 aromatic heterocycles. The molecule has 2 fully saturated rings. The maximum absolute atomic E-state index is 6.53. The normalized spacial score (nSPS) is 28.1. The van der Waals surface area contributed by atoms with E-state index in [1.807, 2.05) is 6.92 Å². The van der Waals surface area contributed by atoms with Gasteiger partial charge in [0.05, 0.1) is 12.6 Å². The Labute approximate surface area is 122 Å². The quantitative estimate of drug-likeness (QED) is 0.917.